The maximum atomic E-state index is 5.54. The van der Waals surface area contributed by atoms with Crippen molar-refractivity contribution in [1.82, 2.24) is 9.97 Å². The second kappa shape index (κ2) is 4.28. The van der Waals surface area contributed by atoms with Crippen LogP contribution in [0.1, 0.15) is 18.2 Å². The molecule has 1 heterocycles. The summed E-state index contributed by atoms with van der Waals surface area (Å²) in [5, 5.41) is 0. The standard InChI is InChI=1S/C12H15N3/c1-2-11-8-14-12(15-11)10-5-3-9(7-13)4-6-10/h3-6,8H,2,7,13H2,1H3,(H,14,15). The summed E-state index contributed by atoms with van der Waals surface area (Å²) in [7, 11) is 0. The number of benzene rings is 1. The van der Waals surface area contributed by atoms with Crippen molar-refractivity contribution in [3.63, 3.8) is 0 Å². The Hall–Kier alpha value is -1.61. The lowest BCUT2D eigenvalue weighted by molar-refractivity contribution is 1.06. The molecule has 0 saturated heterocycles. The Balaban J connectivity index is 2.28. The molecule has 3 nitrogen and oxygen atoms in total. The summed E-state index contributed by atoms with van der Waals surface area (Å²) in [5.74, 6) is 0.926. The highest BCUT2D eigenvalue weighted by Gasteiger charge is 2.01. The van der Waals surface area contributed by atoms with E-state index in [1.165, 1.54) is 0 Å². The van der Waals surface area contributed by atoms with Crippen molar-refractivity contribution in [2.75, 3.05) is 0 Å². The van der Waals surface area contributed by atoms with Crippen LogP contribution in [-0.2, 0) is 13.0 Å². The number of aromatic nitrogens is 2. The first-order valence-electron chi connectivity index (χ1n) is 5.16. The highest BCUT2D eigenvalue weighted by Crippen LogP contribution is 2.16. The number of H-pyrrole nitrogens is 1. The van der Waals surface area contributed by atoms with Crippen LogP contribution in [0, 0.1) is 0 Å². The van der Waals surface area contributed by atoms with Gasteiger partial charge in [-0.3, -0.25) is 0 Å². The minimum atomic E-state index is 0.582. The molecular formula is C12H15N3. The normalized spacial score (nSPS) is 10.5. The van der Waals surface area contributed by atoms with Gasteiger partial charge in [-0.05, 0) is 12.0 Å². The second-order valence-corrected chi connectivity index (χ2v) is 3.51. The fourth-order valence-electron chi connectivity index (χ4n) is 1.48. The van der Waals surface area contributed by atoms with Crippen LogP contribution in [0.25, 0.3) is 11.4 Å². The van der Waals surface area contributed by atoms with E-state index in [2.05, 4.69) is 16.9 Å². The van der Waals surface area contributed by atoms with Crippen LogP contribution in [-0.4, -0.2) is 9.97 Å². The lowest BCUT2D eigenvalue weighted by Crippen LogP contribution is -1.95. The van der Waals surface area contributed by atoms with Gasteiger partial charge in [-0.2, -0.15) is 0 Å². The summed E-state index contributed by atoms with van der Waals surface area (Å²) < 4.78 is 0. The number of hydrogen-bond donors (Lipinski definition) is 2. The van der Waals surface area contributed by atoms with E-state index in [1.54, 1.807) is 0 Å². The summed E-state index contributed by atoms with van der Waals surface area (Å²) in [6.45, 7) is 2.69. The van der Waals surface area contributed by atoms with Gasteiger partial charge in [0.25, 0.3) is 0 Å². The third-order valence-corrected chi connectivity index (χ3v) is 2.47. The lowest BCUT2D eigenvalue weighted by atomic mass is 10.1. The summed E-state index contributed by atoms with van der Waals surface area (Å²) in [6.07, 6.45) is 2.86. The topological polar surface area (TPSA) is 54.7 Å². The monoisotopic (exact) mass is 201 g/mol. The van der Waals surface area contributed by atoms with Crippen LogP contribution in [0.5, 0.6) is 0 Å². The van der Waals surface area contributed by atoms with Crippen LogP contribution in [0.2, 0.25) is 0 Å². The van der Waals surface area contributed by atoms with Gasteiger partial charge in [0.15, 0.2) is 0 Å². The smallest absolute Gasteiger partial charge is 0.137 e. The first-order valence-corrected chi connectivity index (χ1v) is 5.16. The van der Waals surface area contributed by atoms with Gasteiger partial charge < -0.3 is 10.7 Å². The minimum absolute atomic E-state index is 0.582. The molecule has 1 aromatic heterocycles. The molecule has 0 aliphatic rings. The van der Waals surface area contributed by atoms with Crippen molar-refractivity contribution in [2.24, 2.45) is 5.73 Å². The van der Waals surface area contributed by atoms with E-state index in [9.17, 15) is 0 Å². The number of aromatic amines is 1. The summed E-state index contributed by atoms with van der Waals surface area (Å²) >= 11 is 0. The molecule has 78 valence electrons. The number of imidazole rings is 1. The predicted octanol–water partition coefficient (Wildman–Crippen LogP) is 2.10. The summed E-state index contributed by atoms with van der Waals surface area (Å²) in [4.78, 5) is 7.60. The van der Waals surface area contributed by atoms with E-state index in [0.717, 1.165) is 29.1 Å². The highest BCUT2D eigenvalue weighted by molar-refractivity contribution is 5.55. The van der Waals surface area contributed by atoms with Crippen LogP contribution in [0.4, 0.5) is 0 Å². The Morgan fingerprint density at radius 1 is 1.27 bits per heavy atom. The maximum absolute atomic E-state index is 5.54. The summed E-state index contributed by atoms with van der Waals surface area (Å²) in [6, 6.07) is 8.15. The molecule has 2 aromatic rings. The lowest BCUT2D eigenvalue weighted by Gasteiger charge is -1.99. The fraction of sp³-hybridized carbons (Fsp3) is 0.250. The zero-order valence-electron chi connectivity index (χ0n) is 8.83. The van der Waals surface area contributed by atoms with Gasteiger partial charge in [-0.15, -0.1) is 0 Å². The molecule has 2 rings (SSSR count). The van der Waals surface area contributed by atoms with Crippen LogP contribution in [0.3, 0.4) is 0 Å². The van der Waals surface area contributed by atoms with Crippen LogP contribution in [0.15, 0.2) is 30.5 Å². The van der Waals surface area contributed by atoms with E-state index >= 15 is 0 Å². The van der Waals surface area contributed by atoms with Gasteiger partial charge >= 0.3 is 0 Å². The molecule has 3 heteroatoms. The van der Waals surface area contributed by atoms with Crippen molar-refractivity contribution < 1.29 is 0 Å². The predicted molar refractivity (Wildman–Crippen MR) is 61.3 cm³/mol. The van der Waals surface area contributed by atoms with E-state index in [-0.39, 0.29) is 0 Å². The Kier molecular flexibility index (Phi) is 2.83. The zero-order chi connectivity index (χ0) is 10.7. The van der Waals surface area contributed by atoms with Gasteiger partial charge in [0.1, 0.15) is 5.82 Å². The average Bonchev–Trinajstić information content (AvgIpc) is 2.78. The Morgan fingerprint density at radius 3 is 2.53 bits per heavy atom. The SMILES string of the molecule is CCc1cnc(-c2ccc(CN)cc2)[nH]1. The van der Waals surface area contributed by atoms with E-state index in [4.69, 9.17) is 5.73 Å². The first kappa shape index (κ1) is 9.93. The zero-order valence-corrected chi connectivity index (χ0v) is 8.83. The Labute approximate surface area is 89.4 Å². The molecule has 1 aromatic carbocycles. The molecule has 0 saturated carbocycles. The Bertz CT molecular complexity index is 428. The fourth-order valence-corrected chi connectivity index (χ4v) is 1.48. The van der Waals surface area contributed by atoms with Crippen LogP contribution >= 0.6 is 0 Å². The number of hydrogen-bond acceptors (Lipinski definition) is 2. The maximum Gasteiger partial charge on any atom is 0.137 e. The molecule has 3 N–H and O–H groups in total. The van der Waals surface area contributed by atoms with Gasteiger partial charge in [0.2, 0.25) is 0 Å². The molecule has 0 amide bonds. The van der Waals surface area contributed by atoms with E-state index in [0.29, 0.717) is 6.54 Å². The van der Waals surface area contributed by atoms with Gasteiger partial charge in [0.05, 0.1) is 0 Å². The van der Waals surface area contributed by atoms with Crippen molar-refractivity contribution in [2.45, 2.75) is 19.9 Å². The molecule has 0 bridgehead atoms. The van der Waals surface area contributed by atoms with Gasteiger partial charge in [-0.1, -0.05) is 31.2 Å². The molecule has 0 spiro atoms. The first-order chi connectivity index (χ1) is 7.33. The number of aryl methyl sites for hydroxylation is 1. The summed E-state index contributed by atoms with van der Waals surface area (Å²) in [5.41, 5.74) is 8.94. The molecule has 0 aliphatic heterocycles. The third-order valence-electron chi connectivity index (χ3n) is 2.47. The molecule has 0 unspecified atom stereocenters. The second-order valence-electron chi connectivity index (χ2n) is 3.51. The quantitative estimate of drug-likeness (QED) is 0.799. The molecule has 0 atom stereocenters. The molecule has 0 aliphatic carbocycles. The highest BCUT2D eigenvalue weighted by atomic mass is 14.9. The number of nitrogens with one attached hydrogen (secondary N) is 1. The number of nitrogens with two attached hydrogens (primary N) is 1. The van der Waals surface area contributed by atoms with Crippen molar-refractivity contribution in [3.8, 4) is 11.4 Å². The van der Waals surface area contributed by atoms with Crippen molar-refractivity contribution in [3.05, 3.63) is 41.7 Å². The van der Waals surface area contributed by atoms with E-state index in [1.807, 2.05) is 30.5 Å². The third kappa shape index (κ3) is 2.07. The number of nitrogens with zero attached hydrogens (tertiary/aromatic N) is 1. The van der Waals surface area contributed by atoms with Gasteiger partial charge in [-0.25, -0.2) is 4.98 Å². The van der Waals surface area contributed by atoms with Crippen molar-refractivity contribution in [1.29, 1.82) is 0 Å². The molecule has 15 heavy (non-hydrogen) atoms. The minimum Gasteiger partial charge on any atom is -0.342 e. The van der Waals surface area contributed by atoms with Crippen LogP contribution < -0.4 is 5.73 Å². The van der Waals surface area contributed by atoms with Gasteiger partial charge in [0, 0.05) is 24.0 Å². The average molecular weight is 201 g/mol. The molecule has 0 fully saturated rings. The molecule has 0 radical (unpaired) electrons. The number of rotatable bonds is 3. The Morgan fingerprint density at radius 2 is 2.00 bits per heavy atom. The van der Waals surface area contributed by atoms with E-state index < -0.39 is 0 Å². The largest absolute Gasteiger partial charge is 0.342 e. The molecular weight excluding hydrogens is 186 g/mol. The van der Waals surface area contributed by atoms with Crippen molar-refractivity contribution >= 4 is 0 Å².